The normalized spacial score (nSPS) is 10.2. The van der Waals surface area contributed by atoms with Gasteiger partial charge in [-0.2, -0.15) is 0 Å². The first-order chi connectivity index (χ1) is 13.5. The minimum atomic E-state index is -0.455. The standard InChI is InChI=1S/C21H16ClFN2O3/c1-28-19-9-8-17(12-18(19)22)25-21(27)14-5-2-4-13(10-14)20(26)24-16-7-3-6-15(23)11-16/h2-12H,1H3,(H,24,26)(H,25,27). The van der Waals surface area contributed by atoms with Crippen molar-refractivity contribution < 1.29 is 18.7 Å². The first-order valence-corrected chi connectivity index (χ1v) is 8.66. The highest BCUT2D eigenvalue weighted by atomic mass is 35.5. The Morgan fingerprint density at radius 1 is 0.857 bits per heavy atom. The number of nitrogens with one attached hydrogen (secondary N) is 2. The molecular weight excluding hydrogens is 383 g/mol. The van der Waals surface area contributed by atoms with E-state index in [2.05, 4.69) is 10.6 Å². The maximum Gasteiger partial charge on any atom is 0.255 e. The Bertz CT molecular complexity index is 1040. The number of halogens is 2. The molecule has 142 valence electrons. The summed E-state index contributed by atoms with van der Waals surface area (Å²) in [5.74, 6) is -0.811. The molecule has 5 nitrogen and oxygen atoms in total. The van der Waals surface area contributed by atoms with Gasteiger partial charge in [0.15, 0.2) is 0 Å². The number of amides is 2. The summed E-state index contributed by atoms with van der Waals surface area (Å²) in [7, 11) is 1.50. The van der Waals surface area contributed by atoms with E-state index in [0.717, 1.165) is 0 Å². The maximum absolute atomic E-state index is 13.3. The third-order valence-corrected chi connectivity index (χ3v) is 4.17. The lowest BCUT2D eigenvalue weighted by atomic mass is 10.1. The van der Waals surface area contributed by atoms with Crippen LogP contribution in [0.4, 0.5) is 15.8 Å². The fourth-order valence-corrected chi connectivity index (χ4v) is 2.78. The van der Waals surface area contributed by atoms with Crippen LogP contribution in [-0.4, -0.2) is 18.9 Å². The van der Waals surface area contributed by atoms with E-state index in [9.17, 15) is 14.0 Å². The molecule has 2 N–H and O–H groups in total. The molecule has 0 aliphatic rings. The largest absolute Gasteiger partial charge is 0.495 e. The molecule has 3 aromatic carbocycles. The molecule has 0 saturated heterocycles. The predicted octanol–water partition coefficient (Wildman–Crippen LogP) is 4.99. The zero-order chi connectivity index (χ0) is 20.1. The molecule has 28 heavy (non-hydrogen) atoms. The molecule has 3 aromatic rings. The smallest absolute Gasteiger partial charge is 0.255 e. The monoisotopic (exact) mass is 398 g/mol. The topological polar surface area (TPSA) is 67.4 Å². The van der Waals surface area contributed by atoms with Crippen LogP contribution in [0.15, 0.2) is 66.7 Å². The summed E-state index contributed by atoms with van der Waals surface area (Å²) < 4.78 is 18.3. The van der Waals surface area contributed by atoms with Gasteiger partial charge in [-0.05, 0) is 54.6 Å². The van der Waals surface area contributed by atoms with E-state index in [1.165, 1.54) is 31.4 Å². The summed E-state index contributed by atoms with van der Waals surface area (Å²) in [5, 5.41) is 5.67. The van der Waals surface area contributed by atoms with Crippen LogP contribution < -0.4 is 15.4 Å². The molecule has 0 spiro atoms. The average Bonchev–Trinajstić information content (AvgIpc) is 2.68. The van der Waals surface area contributed by atoms with Crippen molar-refractivity contribution in [3.05, 3.63) is 88.7 Å². The number of methoxy groups -OCH3 is 1. The van der Waals surface area contributed by atoms with Crippen LogP contribution in [0.3, 0.4) is 0 Å². The Kier molecular flexibility index (Phi) is 5.91. The third kappa shape index (κ3) is 4.66. The number of rotatable bonds is 5. The highest BCUT2D eigenvalue weighted by Gasteiger charge is 2.12. The third-order valence-electron chi connectivity index (χ3n) is 3.88. The van der Waals surface area contributed by atoms with Crippen LogP contribution in [0.25, 0.3) is 0 Å². The molecule has 0 saturated carbocycles. The van der Waals surface area contributed by atoms with Gasteiger partial charge in [0, 0.05) is 22.5 Å². The Labute approximate surface area is 166 Å². The molecule has 0 atom stereocenters. The summed E-state index contributed by atoms with van der Waals surface area (Å²) in [5.41, 5.74) is 1.38. The summed E-state index contributed by atoms with van der Waals surface area (Å²) >= 11 is 6.06. The molecule has 3 rings (SSSR count). The van der Waals surface area contributed by atoms with Crippen molar-refractivity contribution in [3.63, 3.8) is 0 Å². The van der Waals surface area contributed by atoms with Gasteiger partial charge >= 0.3 is 0 Å². The van der Waals surface area contributed by atoms with Gasteiger partial charge in [0.1, 0.15) is 11.6 Å². The minimum absolute atomic E-state index is 0.268. The summed E-state index contributed by atoms with van der Waals surface area (Å²) in [6, 6.07) is 16.6. The molecule has 2 amide bonds. The van der Waals surface area contributed by atoms with Crippen molar-refractivity contribution in [1.82, 2.24) is 0 Å². The van der Waals surface area contributed by atoms with Gasteiger partial charge in [-0.25, -0.2) is 4.39 Å². The number of carbonyl (C=O) groups is 2. The van der Waals surface area contributed by atoms with E-state index in [1.807, 2.05) is 0 Å². The van der Waals surface area contributed by atoms with Crippen molar-refractivity contribution in [3.8, 4) is 5.75 Å². The van der Waals surface area contributed by atoms with Crippen molar-refractivity contribution in [2.24, 2.45) is 0 Å². The first kappa shape index (κ1) is 19.4. The van der Waals surface area contributed by atoms with E-state index in [4.69, 9.17) is 16.3 Å². The first-order valence-electron chi connectivity index (χ1n) is 8.28. The van der Waals surface area contributed by atoms with E-state index >= 15 is 0 Å². The quantitative estimate of drug-likeness (QED) is 0.636. The molecule has 0 radical (unpaired) electrons. The Balaban J connectivity index is 1.74. The number of carbonyl (C=O) groups excluding carboxylic acids is 2. The number of hydrogen-bond acceptors (Lipinski definition) is 3. The second-order valence-electron chi connectivity index (χ2n) is 5.85. The van der Waals surface area contributed by atoms with Crippen LogP contribution in [0, 0.1) is 5.82 Å². The SMILES string of the molecule is COc1ccc(NC(=O)c2cccc(C(=O)Nc3cccc(F)c3)c2)cc1Cl. The zero-order valence-electron chi connectivity index (χ0n) is 14.8. The van der Waals surface area contributed by atoms with Crippen LogP contribution in [0.2, 0.25) is 5.02 Å². The van der Waals surface area contributed by atoms with Crippen LogP contribution >= 0.6 is 11.6 Å². The minimum Gasteiger partial charge on any atom is -0.495 e. The molecule has 0 fully saturated rings. The summed E-state index contributed by atoms with van der Waals surface area (Å²) in [6.07, 6.45) is 0. The van der Waals surface area contributed by atoms with E-state index in [1.54, 1.807) is 42.5 Å². The predicted molar refractivity (Wildman–Crippen MR) is 107 cm³/mol. The van der Waals surface area contributed by atoms with Crippen molar-refractivity contribution >= 4 is 34.8 Å². The summed E-state index contributed by atoms with van der Waals surface area (Å²) in [4.78, 5) is 24.9. The van der Waals surface area contributed by atoms with E-state index in [-0.39, 0.29) is 5.56 Å². The van der Waals surface area contributed by atoms with E-state index < -0.39 is 17.6 Å². The molecule has 0 aromatic heterocycles. The molecule has 7 heteroatoms. The van der Waals surface area contributed by atoms with Crippen molar-refractivity contribution in [1.29, 1.82) is 0 Å². The lowest BCUT2D eigenvalue weighted by Crippen LogP contribution is -2.15. The molecule has 0 aliphatic carbocycles. The molecular formula is C21H16ClFN2O3. The summed E-state index contributed by atoms with van der Waals surface area (Å²) in [6.45, 7) is 0. The van der Waals surface area contributed by atoms with Gasteiger partial charge in [0.05, 0.1) is 12.1 Å². The average molecular weight is 399 g/mol. The van der Waals surface area contributed by atoms with Crippen LogP contribution in [0.5, 0.6) is 5.75 Å². The molecule has 0 bridgehead atoms. The van der Waals surface area contributed by atoms with Gasteiger partial charge in [-0.15, -0.1) is 0 Å². The zero-order valence-corrected chi connectivity index (χ0v) is 15.6. The Morgan fingerprint density at radius 3 is 2.04 bits per heavy atom. The highest BCUT2D eigenvalue weighted by Crippen LogP contribution is 2.27. The fourth-order valence-electron chi connectivity index (χ4n) is 2.52. The van der Waals surface area contributed by atoms with Crippen LogP contribution in [-0.2, 0) is 0 Å². The molecule has 0 heterocycles. The fraction of sp³-hybridized carbons (Fsp3) is 0.0476. The van der Waals surface area contributed by atoms with Gasteiger partial charge in [0.25, 0.3) is 11.8 Å². The van der Waals surface area contributed by atoms with Gasteiger partial charge in [0.2, 0.25) is 0 Å². The number of hydrogen-bond donors (Lipinski definition) is 2. The molecule has 0 aliphatic heterocycles. The number of ether oxygens (including phenoxy) is 1. The Morgan fingerprint density at radius 2 is 1.46 bits per heavy atom. The Hall–Kier alpha value is -3.38. The van der Waals surface area contributed by atoms with Gasteiger partial charge in [-0.3, -0.25) is 9.59 Å². The van der Waals surface area contributed by atoms with Crippen molar-refractivity contribution in [2.75, 3.05) is 17.7 Å². The maximum atomic E-state index is 13.3. The lowest BCUT2D eigenvalue weighted by Gasteiger charge is -2.09. The second-order valence-corrected chi connectivity index (χ2v) is 6.26. The molecule has 0 unspecified atom stereocenters. The number of anilines is 2. The number of benzene rings is 3. The van der Waals surface area contributed by atoms with E-state index in [0.29, 0.717) is 27.7 Å². The highest BCUT2D eigenvalue weighted by molar-refractivity contribution is 6.32. The van der Waals surface area contributed by atoms with Gasteiger partial charge < -0.3 is 15.4 Å². The van der Waals surface area contributed by atoms with Gasteiger partial charge in [-0.1, -0.05) is 23.7 Å². The second kappa shape index (κ2) is 8.54. The van der Waals surface area contributed by atoms with Crippen LogP contribution in [0.1, 0.15) is 20.7 Å². The van der Waals surface area contributed by atoms with Crippen molar-refractivity contribution in [2.45, 2.75) is 0 Å². The lowest BCUT2D eigenvalue weighted by molar-refractivity contribution is 0.102.